The molecule has 6 nitrogen and oxygen atoms in total. The van der Waals surface area contributed by atoms with Crippen LogP contribution in [-0.4, -0.2) is 65.8 Å². The van der Waals surface area contributed by atoms with Gasteiger partial charge in [-0.2, -0.15) is 0 Å². The number of amides is 2. The van der Waals surface area contributed by atoms with Crippen LogP contribution in [0.25, 0.3) is 0 Å². The van der Waals surface area contributed by atoms with Crippen molar-refractivity contribution in [1.29, 1.82) is 0 Å². The van der Waals surface area contributed by atoms with Gasteiger partial charge >= 0.3 is 0 Å². The van der Waals surface area contributed by atoms with E-state index in [1.54, 1.807) is 25.3 Å². The van der Waals surface area contributed by atoms with Crippen molar-refractivity contribution in [2.75, 3.05) is 27.2 Å². The van der Waals surface area contributed by atoms with E-state index in [1.807, 2.05) is 12.1 Å². The largest absolute Gasteiger partial charge is 0.468 e. The maximum Gasteiger partial charge on any atom is 0.241 e. The van der Waals surface area contributed by atoms with Gasteiger partial charge in [-0.25, -0.2) is 0 Å². The Bertz CT molecular complexity index is 526. The van der Waals surface area contributed by atoms with Gasteiger partial charge in [-0.1, -0.05) is 0 Å². The van der Waals surface area contributed by atoms with Gasteiger partial charge in [0.05, 0.1) is 12.8 Å². The van der Waals surface area contributed by atoms with E-state index in [0.717, 1.165) is 25.3 Å². The van der Waals surface area contributed by atoms with Gasteiger partial charge in [0.2, 0.25) is 11.8 Å². The summed E-state index contributed by atoms with van der Waals surface area (Å²) in [5, 5.41) is 0. The molecule has 6 heteroatoms. The summed E-state index contributed by atoms with van der Waals surface area (Å²) in [6, 6.07) is 4.20. The zero-order chi connectivity index (χ0) is 15.0. The lowest BCUT2D eigenvalue weighted by Crippen LogP contribution is -2.43. The van der Waals surface area contributed by atoms with E-state index in [9.17, 15) is 9.59 Å². The molecule has 0 aromatic carbocycles. The molecule has 3 rings (SSSR count). The minimum absolute atomic E-state index is 0.0199. The van der Waals surface area contributed by atoms with Crippen molar-refractivity contribution in [3.05, 3.63) is 24.2 Å². The van der Waals surface area contributed by atoms with Crippen LogP contribution in [0, 0.1) is 0 Å². The zero-order valence-electron chi connectivity index (χ0n) is 12.5. The van der Waals surface area contributed by atoms with Gasteiger partial charge in [-0.15, -0.1) is 0 Å². The van der Waals surface area contributed by atoms with E-state index in [4.69, 9.17) is 4.42 Å². The lowest BCUT2D eigenvalue weighted by molar-refractivity contribution is -0.138. The molecule has 0 N–H and O–H groups in total. The number of hydrogen-bond donors (Lipinski definition) is 0. The number of hydrogen-bond acceptors (Lipinski definition) is 4. The smallest absolute Gasteiger partial charge is 0.241 e. The highest BCUT2D eigenvalue weighted by molar-refractivity contribution is 5.86. The number of carbonyl (C=O) groups is 2. The van der Waals surface area contributed by atoms with Crippen LogP contribution in [0.2, 0.25) is 0 Å². The summed E-state index contributed by atoms with van der Waals surface area (Å²) in [4.78, 5) is 29.7. The first-order valence-corrected chi connectivity index (χ1v) is 7.32. The lowest BCUT2D eigenvalue weighted by atomic mass is 10.1. The second kappa shape index (κ2) is 5.52. The Morgan fingerprint density at radius 2 is 2.24 bits per heavy atom. The average molecular weight is 291 g/mol. The van der Waals surface area contributed by atoms with Crippen molar-refractivity contribution in [2.24, 2.45) is 0 Å². The van der Waals surface area contributed by atoms with E-state index >= 15 is 0 Å². The SMILES string of the molecule is CN(C)C(=O)CN1C(=O)CC2C1CCN2Cc1ccco1. The van der Waals surface area contributed by atoms with Crippen LogP contribution in [0.4, 0.5) is 0 Å². The summed E-state index contributed by atoms with van der Waals surface area (Å²) in [5.41, 5.74) is 0. The molecule has 114 valence electrons. The van der Waals surface area contributed by atoms with E-state index in [-0.39, 0.29) is 30.4 Å². The molecule has 0 radical (unpaired) electrons. The summed E-state index contributed by atoms with van der Waals surface area (Å²) >= 11 is 0. The van der Waals surface area contributed by atoms with Crippen LogP contribution in [0.3, 0.4) is 0 Å². The Morgan fingerprint density at radius 3 is 2.90 bits per heavy atom. The molecule has 2 fully saturated rings. The van der Waals surface area contributed by atoms with Crippen molar-refractivity contribution in [3.63, 3.8) is 0 Å². The van der Waals surface area contributed by atoms with Gasteiger partial charge < -0.3 is 14.2 Å². The molecule has 0 bridgehead atoms. The number of nitrogens with zero attached hydrogens (tertiary/aromatic N) is 3. The molecular formula is C15H21N3O3. The van der Waals surface area contributed by atoms with E-state index in [2.05, 4.69) is 4.90 Å². The minimum atomic E-state index is -0.0199. The van der Waals surface area contributed by atoms with Gasteiger partial charge in [0, 0.05) is 39.1 Å². The molecule has 2 atom stereocenters. The van der Waals surface area contributed by atoms with Gasteiger partial charge in [0.1, 0.15) is 12.3 Å². The predicted octanol–water partition coefficient (Wildman–Crippen LogP) is 0.543. The van der Waals surface area contributed by atoms with E-state index < -0.39 is 0 Å². The van der Waals surface area contributed by atoms with E-state index in [0.29, 0.717) is 6.42 Å². The fourth-order valence-corrected chi connectivity index (χ4v) is 3.30. The van der Waals surface area contributed by atoms with Crippen molar-refractivity contribution < 1.29 is 14.0 Å². The predicted molar refractivity (Wildman–Crippen MR) is 76.3 cm³/mol. The first-order valence-electron chi connectivity index (χ1n) is 7.32. The summed E-state index contributed by atoms with van der Waals surface area (Å²) < 4.78 is 5.39. The topological polar surface area (TPSA) is 57.0 Å². The second-order valence-corrected chi connectivity index (χ2v) is 5.99. The maximum absolute atomic E-state index is 12.2. The third-order valence-electron chi connectivity index (χ3n) is 4.47. The fraction of sp³-hybridized carbons (Fsp3) is 0.600. The third-order valence-corrected chi connectivity index (χ3v) is 4.47. The van der Waals surface area contributed by atoms with Gasteiger partial charge in [-0.3, -0.25) is 14.5 Å². The summed E-state index contributed by atoms with van der Waals surface area (Å²) in [5.74, 6) is 0.990. The summed E-state index contributed by atoms with van der Waals surface area (Å²) in [7, 11) is 3.44. The van der Waals surface area contributed by atoms with Crippen molar-refractivity contribution in [1.82, 2.24) is 14.7 Å². The van der Waals surface area contributed by atoms with Crippen molar-refractivity contribution in [2.45, 2.75) is 31.5 Å². The van der Waals surface area contributed by atoms with E-state index in [1.165, 1.54) is 4.90 Å². The monoisotopic (exact) mass is 291 g/mol. The molecule has 2 unspecified atom stereocenters. The Kier molecular flexibility index (Phi) is 3.71. The molecule has 2 amide bonds. The first kappa shape index (κ1) is 14.1. The second-order valence-electron chi connectivity index (χ2n) is 5.99. The number of furan rings is 1. The Balaban J connectivity index is 1.67. The zero-order valence-corrected chi connectivity index (χ0v) is 12.5. The third kappa shape index (κ3) is 2.68. The molecule has 2 saturated heterocycles. The highest BCUT2D eigenvalue weighted by Crippen LogP contribution is 2.33. The van der Waals surface area contributed by atoms with Gasteiger partial charge in [0.25, 0.3) is 0 Å². The standard InChI is InChI=1S/C15H21N3O3/c1-16(2)15(20)10-18-12-5-6-17(13(12)8-14(18)19)9-11-4-3-7-21-11/h3-4,7,12-13H,5-6,8-10H2,1-2H3. The van der Waals surface area contributed by atoms with Crippen LogP contribution in [0.15, 0.2) is 22.8 Å². The van der Waals surface area contributed by atoms with Gasteiger partial charge in [0.15, 0.2) is 0 Å². The minimum Gasteiger partial charge on any atom is -0.468 e. The number of carbonyl (C=O) groups excluding carboxylic acids is 2. The first-order chi connectivity index (χ1) is 10.1. The molecule has 2 aliphatic rings. The molecule has 0 aliphatic carbocycles. The lowest BCUT2D eigenvalue weighted by Gasteiger charge is -2.25. The number of likely N-dealkylation sites (tertiary alicyclic amines) is 2. The van der Waals surface area contributed by atoms with Crippen molar-refractivity contribution >= 4 is 11.8 Å². The Hall–Kier alpha value is -1.82. The molecule has 3 heterocycles. The van der Waals surface area contributed by atoms with Crippen LogP contribution in [0.1, 0.15) is 18.6 Å². The number of likely N-dealkylation sites (N-methyl/N-ethyl adjacent to an activating group) is 1. The number of fused-ring (bicyclic) bond motifs is 1. The Labute approximate surface area is 124 Å². The van der Waals surface area contributed by atoms with Crippen LogP contribution in [0.5, 0.6) is 0 Å². The molecule has 1 aromatic heterocycles. The molecular weight excluding hydrogens is 270 g/mol. The van der Waals surface area contributed by atoms with Crippen molar-refractivity contribution in [3.8, 4) is 0 Å². The highest BCUT2D eigenvalue weighted by atomic mass is 16.3. The number of rotatable bonds is 4. The molecule has 0 spiro atoms. The fourth-order valence-electron chi connectivity index (χ4n) is 3.30. The van der Waals surface area contributed by atoms with Gasteiger partial charge in [-0.05, 0) is 18.6 Å². The molecule has 2 aliphatic heterocycles. The summed E-state index contributed by atoms with van der Waals surface area (Å²) in [6.07, 6.45) is 3.11. The van der Waals surface area contributed by atoms with Crippen LogP contribution >= 0.6 is 0 Å². The summed E-state index contributed by atoms with van der Waals surface area (Å²) in [6.45, 7) is 1.87. The van der Waals surface area contributed by atoms with Crippen LogP contribution in [-0.2, 0) is 16.1 Å². The molecule has 0 saturated carbocycles. The maximum atomic E-state index is 12.2. The average Bonchev–Trinajstić information content (AvgIpc) is 3.12. The Morgan fingerprint density at radius 1 is 1.43 bits per heavy atom. The normalized spacial score (nSPS) is 25.4. The highest BCUT2D eigenvalue weighted by Gasteiger charge is 2.47. The quantitative estimate of drug-likeness (QED) is 0.812. The molecule has 21 heavy (non-hydrogen) atoms. The molecule has 1 aromatic rings. The van der Waals surface area contributed by atoms with Crippen LogP contribution < -0.4 is 0 Å².